The van der Waals surface area contributed by atoms with E-state index in [4.69, 9.17) is 4.42 Å². The summed E-state index contributed by atoms with van der Waals surface area (Å²) in [7, 11) is 0. The van der Waals surface area contributed by atoms with Crippen LogP contribution in [0.15, 0.2) is 22.8 Å². The highest BCUT2D eigenvalue weighted by atomic mass is 16.3. The van der Waals surface area contributed by atoms with Gasteiger partial charge < -0.3 is 14.6 Å². The third-order valence-electron chi connectivity index (χ3n) is 6.35. The molecule has 0 spiro atoms. The van der Waals surface area contributed by atoms with Gasteiger partial charge in [0.2, 0.25) is 5.91 Å². The molecule has 2 amide bonds. The SMILES string of the molecule is C[C@H](NC(=O)[C@@H]1CCCN1C(=O)c1ccco1)[C@H]1C[C@H]2CC[C@H]1C2. The van der Waals surface area contributed by atoms with E-state index >= 15 is 0 Å². The van der Waals surface area contributed by atoms with Crippen molar-refractivity contribution in [3.8, 4) is 0 Å². The van der Waals surface area contributed by atoms with Gasteiger partial charge in [0.1, 0.15) is 6.04 Å². The molecular formula is C19H26N2O3. The van der Waals surface area contributed by atoms with Gasteiger partial charge in [-0.15, -0.1) is 0 Å². The van der Waals surface area contributed by atoms with Crippen molar-refractivity contribution in [1.29, 1.82) is 0 Å². The van der Waals surface area contributed by atoms with Crippen LogP contribution in [-0.2, 0) is 4.79 Å². The van der Waals surface area contributed by atoms with E-state index in [2.05, 4.69) is 12.2 Å². The number of nitrogens with zero attached hydrogens (tertiary/aromatic N) is 1. The number of hydrogen-bond donors (Lipinski definition) is 1. The second kappa shape index (κ2) is 6.26. The van der Waals surface area contributed by atoms with Gasteiger partial charge in [0.05, 0.1) is 6.26 Å². The van der Waals surface area contributed by atoms with Crippen molar-refractivity contribution in [2.45, 2.75) is 57.5 Å². The molecular weight excluding hydrogens is 304 g/mol. The lowest BCUT2D eigenvalue weighted by molar-refractivity contribution is -0.126. The Morgan fingerprint density at radius 1 is 1.29 bits per heavy atom. The first-order chi connectivity index (χ1) is 11.6. The fourth-order valence-corrected chi connectivity index (χ4v) is 5.16. The number of hydrogen-bond acceptors (Lipinski definition) is 3. The first-order valence-corrected chi connectivity index (χ1v) is 9.28. The molecule has 2 saturated carbocycles. The van der Waals surface area contributed by atoms with Gasteiger partial charge in [-0.05, 0) is 68.9 Å². The second-order valence-electron chi connectivity index (χ2n) is 7.77. The molecule has 130 valence electrons. The van der Waals surface area contributed by atoms with Gasteiger partial charge in [-0.2, -0.15) is 0 Å². The van der Waals surface area contributed by atoms with E-state index in [0.717, 1.165) is 24.7 Å². The molecule has 2 aliphatic carbocycles. The fourth-order valence-electron chi connectivity index (χ4n) is 5.16. The number of carbonyl (C=O) groups excluding carboxylic acids is 2. The van der Waals surface area contributed by atoms with Gasteiger partial charge >= 0.3 is 0 Å². The van der Waals surface area contributed by atoms with E-state index in [1.807, 2.05) is 0 Å². The van der Waals surface area contributed by atoms with Crippen LogP contribution in [-0.4, -0.2) is 35.3 Å². The molecule has 3 aliphatic rings. The van der Waals surface area contributed by atoms with E-state index in [1.165, 1.54) is 31.9 Å². The summed E-state index contributed by atoms with van der Waals surface area (Å²) in [6.45, 7) is 2.76. The molecule has 5 heteroatoms. The molecule has 1 aliphatic heterocycles. The maximum absolute atomic E-state index is 12.8. The van der Waals surface area contributed by atoms with E-state index in [1.54, 1.807) is 17.0 Å². The molecule has 2 heterocycles. The summed E-state index contributed by atoms with van der Waals surface area (Å²) in [6, 6.07) is 3.21. The molecule has 1 saturated heterocycles. The number of furan rings is 1. The number of nitrogens with one attached hydrogen (secondary N) is 1. The summed E-state index contributed by atoms with van der Waals surface area (Å²) >= 11 is 0. The molecule has 0 unspecified atom stereocenters. The summed E-state index contributed by atoms with van der Waals surface area (Å²) in [4.78, 5) is 27.0. The Bertz CT molecular complexity index is 612. The Hall–Kier alpha value is -1.78. The number of amides is 2. The highest BCUT2D eigenvalue weighted by molar-refractivity contribution is 5.96. The van der Waals surface area contributed by atoms with Crippen molar-refractivity contribution in [2.75, 3.05) is 6.54 Å². The molecule has 1 aromatic rings. The number of carbonyl (C=O) groups is 2. The van der Waals surface area contributed by atoms with Crippen molar-refractivity contribution >= 4 is 11.8 Å². The van der Waals surface area contributed by atoms with Crippen LogP contribution in [0, 0.1) is 17.8 Å². The Kier molecular flexibility index (Phi) is 4.10. The molecule has 0 radical (unpaired) electrons. The van der Waals surface area contributed by atoms with Gasteiger partial charge in [-0.25, -0.2) is 0 Å². The lowest BCUT2D eigenvalue weighted by Gasteiger charge is -2.31. The molecule has 1 N–H and O–H groups in total. The van der Waals surface area contributed by atoms with Crippen molar-refractivity contribution in [2.24, 2.45) is 17.8 Å². The van der Waals surface area contributed by atoms with Crippen LogP contribution < -0.4 is 5.32 Å². The molecule has 4 rings (SSSR count). The fraction of sp³-hybridized carbons (Fsp3) is 0.684. The predicted molar refractivity (Wildman–Crippen MR) is 89.3 cm³/mol. The maximum Gasteiger partial charge on any atom is 0.290 e. The molecule has 24 heavy (non-hydrogen) atoms. The topological polar surface area (TPSA) is 62.6 Å². The van der Waals surface area contributed by atoms with Crippen molar-refractivity contribution in [3.63, 3.8) is 0 Å². The first kappa shape index (κ1) is 15.7. The first-order valence-electron chi connectivity index (χ1n) is 9.28. The van der Waals surface area contributed by atoms with E-state index < -0.39 is 0 Å². The van der Waals surface area contributed by atoms with Crippen LogP contribution >= 0.6 is 0 Å². The average Bonchev–Trinajstić information content (AvgIpc) is 3.38. The van der Waals surface area contributed by atoms with Gasteiger partial charge in [-0.3, -0.25) is 9.59 Å². The molecule has 0 aromatic carbocycles. The maximum atomic E-state index is 12.8. The Balaban J connectivity index is 1.39. The highest BCUT2D eigenvalue weighted by Gasteiger charge is 2.43. The summed E-state index contributed by atoms with van der Waals surface area (Å²) in [5.41, 5.74) is 0. The number of likely N-dealkylation sites (tertiary alicyclic amines) is 1. The quantitative estimate of drug-likeness (QED) is 0.923. The largest absolute Gasteiger partial charge is 0.459 e. The van der Waals surface area contributed by atoms with Gasteiger partial charge in [0, 0.05) is 12.6 Å². The summed E-state index contributed by atoms with van der Waals surface area (Å²) in [5, 5.41) is 3.22. The van der Waals surface area contributed by atoms with Crippen molar-refractivity contribution < 1.29 is 14.0 Å². The summed E-state index contributed by atoms with van der Waals surface area (Å²) < 4.78 is 5.21. The smallest absolute Gasteiger partial charge is 0.290 e. The minimum Gasteiger partial charge on any atom is -0.459 e. The number of rotatable bonds is 4. The van der Waals surface area contributed by atoms with Crippen molar-refractivity contribution in [1.82, 2.24) is 10.2 Å². The lowest BCUT2D eigenvalue weighted by atomic mass is 9.84. The van der Waals surface area contributed by atoms with Gasteiger partial charge in [0.15, 0.2) is 5.76 Å². The van der Waals surface area contributed by atoms with Crippen LogP contribution in [0.25, 0.3) is 0 Å². The third-order valence-corrected chi connectivity index (χ3v) is 6.35. The lowest BCUT2D eigenvalue weighted by Crippen LogP contribution is -2.50. The second-order valence-corrected chi connectivity index (χ2v) is 7.77. The minimum atomic E-state index is -0.358. The van der Waals surface area contributed by atoms with Crippen LogP contribution in [0.3, 0.4) is 0 Å². The monoisotopic (exact) mass is 330 g/mol. The Morgan fingerprint density at radius 3 is 2.83 bits per heavy atom. The van der Waals surface area contributed by atoms with Gasteiger partial charge in [0.25, 0.3) is 5.91 Å². The van der Waals surface area contributed by atoms with Gasteiger partial charge in [-0.1, -0.05) is 6.42 Å². The average molecular weight is 330 g/mol. The zero-order valence-corrected chi connectivity index (χ0v) is 14.2. The third kappa shape index (κ3) is 2.74. The summed E-state index contributed by atoms with van der Waals surface area (Å²) in [6.07, 6.45) is 8.39. The highest BCUT2D eigenvalue weighted by Crippen LogP contribution is 2.49. The normalized spacial score (nSPS) is 33.0. The zero-order valence-electron chi connectivity index (χ0n) is 14.2. The standard InChI is InChI=1S/C19H26N2O3/c1-12(15-11-13-6-7-14(15)10-13)20-18(22)16-4-2-8-21(16)19(23)17-5-3-9-24-17/h3,5,9,12-16H,2,4,6-8,10-11H2,1H3,(H,20,22)/t12-,13-,14-,15+,16-/m0/s1. The van der Waals surface area contributed by atoms with Crippen LogP contribution in [0.2, 0.25) is 0 Å². The van der Waals surface area contributed by atoms with E-state index in [-0.39, 0.29) is 23.9 Å². The van der Waals surface area contributed by atoms with Crippen LogP contribution in [0.1, 0.15) is 56.0 Å². The molecule has 1 aromatic heterocycles. The summed E-state index contributed by atoms with van der Waals surface area (Å²) in [5.74, 6) is 2.42. The predicted octanol–water partition coefficient (Wildman–Crippen LogP) is 2.83. The number of fused-ring (bicyclic) bond motifs is 2. The van der Waals surface area contributed by atoms with Crippen molar-refractivity contribution in [3.05, 3.63) is 24.2 Å². The molecule has 3 fully saturated rings. The van der Waals surface area contributed by atoms with E-state index in [9.17, 15) is 9.59 Å². The zero-order chi connectivity index (χ0) is 16.7. The minimum absolute atomic E-state index is 0.00248. The van der Waals surface area contributed by atoms with E-state index in [0.29, 0.717) is 18.2 Å². The molecule has 5 atom stereocenters. The van der Waals surface area contributed by atoms with Crippen LogP contribution in [0.5, 0.6) is 0 Å². The Morgan fingerprint density at radius 2 is 2.17 bits per heavy atom. The van der Waals surface area contributed by atoms with Crippen LogP contribution in [0.4, 0.5) is 0 Å². The molecule has 2 bridgehead atoms. The molecule has 5 nitrogen and oxygen atoms in total. The Labute approximate surface area is 142 Å².